The maximum absolute atomic E-state index is 12.1. The summed E-state index contributed by atoms with van der Waals surface area (Å²) >= 11 is 0. The molecule has 96 valence electrons. The highest BCUT2D eigenvalue weighted by molar-refractivity contribution is 5.91. The van der Waals surface area contributed by atoms with Gasteiger partial charge in [0.05, 0.1) is 12.2 Å². The second-order valence-electron chi connectivity index (χ2n) is 6.02. The molecule has 0 unspecified atom stereocenters. The molecule has 17 heavy (non-hydrogen) atoms. The van der Waals surface area contributed by atoms with Gasteiger partial charge in [-0.3, -0.25) is 10.1 Å². The molecule has 0 atom stereocenters. The molecule has 0 aromatic carbocycles. The minimum Gasteiger partial charge on any atom is -0.328 e. The number of piperidine rings is 1. The Balaban J connectivity index is 1.44. The minimum absolute atomic E-state index is 0.104. The largest absolute Gasteiger partial charge is 0.328 e. The molecular formula is C13H23N3O. The zero-order valence-electron chi connectivity index (χ0n) is 10.7. The average Bonchev–Trinajstić information content (AvgIpc) is 3.05. The van der Waals surface area contributed by atoms with Gasteiger partial charge in [0.15, 0.2) is 0 Å². The fourth-order valence-electron chi connectivity index (χ4n) is 3.08. The van der Waals surface area contributed by atoms with Crippen molar-refractivity contribution in [3.05, 3.63) is 0 Å². The van der Waals surface area contributed by atoms with E-state index in [1.54, 1.807) is 0 Å². The van der Waals surface area contributed by atoms with Crippen molar-refractivity contribution in [1.82, 2.24) is 15.1 Å². The number of hydrogen-bond acceptors (Lipinski definition) is 3. The molecule has 0 aromatic heterocycles. The van der Waals surface area contributed by atoms with Crippen molar-refractivity contribution in [1.29, 1.82) is 0 Å². The smallest absolute Gasteiger partial charge is 0.243 e. The van der Waals surface area contributed by atoms with E-state index in [4.69, 9.17) is 0 Å². The van der Waals surface area contributed by atoms with Crippen molar-refractivity contribution in [2.75, 3.05) is 33.4 Å². The Morgan fingerprint density at radius 3 is 2.65 bits per heavy atom. The van der Waals surface area contributed by atoms with Gasteiger partial charge in [-0.2, -0.15) is 0 Å². The lowest BCUT2D eigenvalue weighted by Crippen LogP contribution is -2.35. The van der Waals surface area contributed by atoms with Crippen molar-refractivity contribution in [2.24, 2.45) is 5.92 Å². The molecule has 3 fully saturated rings. The number of likely N-dealkylation sites (tertiary alicyclic amines) is 1. The molecule has 2 saturated heterocycles. The first-order valence-corrected chi connectivity index (χ1v) is 6.93. The van der Waals surface area contributed by atoms with E-state index in [2.05, 4.69) is 17.3 Å². The number of nitrogens with zero attached hydrogens (tertiary/aromatic N) is 2. The third-order valence-corrected chi connectivity index (χ3v) is 4.70. The average molecular weight is 237 g/mol. The molecule has 4 heteroatoms. The molecule has 1 N–H and O–H groups in total. The van der Waals surface area contributed by atoms with Crippen LogP contribution in [0.3, 0.4) is 0 Å². The van der Waals surface area contributed by atoms with Crippen molar-refractivity contribution in [2.45, 2.75) is 37.6 Å². The summed E-state index contributed by atoms with van der Waals surface area (Å²) in [6.07, 6.45) is 5.90. The van der Waals surface area contributed by atoms with Gasteiger partial charge in [0.1, 0.15) is 0 Å². The van der Waals surface area contributed by atoms with Crippen LogP contribution in [0.5, 0.6) is 0 Å². The van der Waals surface area contributed by atoms with Gasteiger partial charge >= 0.3 is 0 Å². The Morgan fingerprint density at radius 2 is 2.06 bits per heavy atom. The van der Waals surface area contributed by atoms with E-state index in [9.17, 15) is 4.79 Å². The van der Waals surface area contributed by atoms with Crippen LogP contribution in [0.15, 0.2) is 0 Å². The van der Waals surface area contributed by atoms with Gasteiger partial charge in [-0.1, -0.05) is 0 Å². The number of nitrogens with one attached hydrogen (secondary N) is 1. The van der Waals surface area contributed by atoms with Crippen molar-refractivity contribution >= 4 is 5.91 Å². The third-order valence-electron chi connectivity index (χ3n) is 4.70. The summed E-state index contributed by atoms with van der Waals surface area (Å²) in [5.74, 6) is 1.19. The minimum atomic E-state index is -0.104. The fourth-order valence-corrected chi connectivity index (χ4v) is 3.08. The van der Waals surface area contributed by atoms with Gasteiger partial charge in [-0.05, 0) is 58.2 Å². The molecule has 1 aliphatic carbocycles. The monoisotopic (exact) mass is 237 g/mol. The van der Waals surface area contributed by atoms with Crippen LogP contribution in [0.4, 0.5) is 0 Å². The van der Waals surface area contributed by atoms with E-state index >= 15 is 0 Å². The maximum Gasteiger partial charge on any atom is 0.243 e. The molecule has 4 nitrogen and oxygen atoms in total. The van der Waals surface area contributed by atoms with Crippen LogP contribution in [0.25, 0.3) is 0 Å². The number of hydrogen-bond donors (Lipinski definition) is 1. The molecule has 1 amide bonds. The molecule has 0 aromatic rings. The molecular weight excluding hydrogens is 214 g/mol. The van der Waals surface area contributed by atoms with E-state index in [1.165, 1.54) is 32.4 Å². The van der Waals surface area contributed by atoms with Gasteiger partial charge in [-0.15, -0.1) is 0 Å². The molecule has 1 saturated carbocycles. The second-order valence-corrected chi connectivity index (χ2v) is 6.02. The van der Waals surface area contributed by atoms with E-state index in [0.717, 1.165) is 32.0 Å². The Bertz CT molecular complexity index is 306. The first kappa shape index (κ1) is 11.5. The summed E-state index contributed by atoms with van der Waals surface area (Å²) < 4.78 is 0. The maximum atomic E-state index is 12.1. The highest BCUT2D eigenvalue weighted by atomic mass is 16.2. The summed E-state index contributed by atoms with van der Waals surface area (Å²) in [7, 11) is 2.20. The van der Waals surface area contributed by atoms with Crippen LogP contribution in [0.1, 0.15) is 32.1 Å². The predicted molar refractivity (Wildman–Crippen MR) is 66.5 cm³/mol. The van der Waals surface area contributed by atoms with Crippen molar-refractivity contribution in [3.8, 4) is 0 Å². The number of rotatable bonds is 3. The van der Waals surface area contributed by atoms with Gasteiger partial charge < -0.3 is 9.80 Å². The van der Waals surface area contributed by atoms with Crippen LogP contribution < -0.4 is 5.32 Å². The molecule has 0 bridgehead atoms. The zero-order chi connectivity index (χ0) is 11.9. The Labute approximate surface area is 103 Å². The van der Waals surface area contributed by atoms with E-state index in [-0.39, 0.29) is 5.54 Å². The Hall–Kier alpha value is -0.610. The topological polar surface area (TPSA) is 35.6 Å². The summed E-state index contributed by atoms with van der Waals surface area (Å²) in [6.45, 7) is 4.19. The number of carbonyl (C=O) groups excluding carboxylic acids is 1. The molecule has 2 heterocycles. The molecule has 1 spiro atoms. The molecule has 0 radical (unpaired) electrons. The second kappa shape index (κ2) is 4.25. The Morgan fingerprint density at radius 1 is 1.35 bits per heavy atom. The third kappa shape index (κ3) is 2.20. The van der Waals surface area contributed by atoms with E-state index < -0.39 is 0 Å². The number of carbonyl (C=O) groups is 1. The lowest BCUT2D eigenvalue weighted by atomic mass is 9.93. The summed E-state index contributed by atoms with van der Waals surface area (Å²) in [5, 5.41) is 3.37. The quantitative estimate of drug-likeness (QED) is 0.782. The first-order chi connectivity index (χ1) is 8.20. The van der Waals surface area contributed by atoms with Gasteiger partial charge in [-0.25, -0.2) is 0 Å². The first-order valence-electron chi connectivity index (χ1n) is 6.93. The standard InChI is InChI=1S/C13H23N3O/c1-15-7-2-11(3-8-15)4-9-16-10-14-13(5-6-13)12(16)17/h11,14H,2-10H2,1H3. The van der Waals surface area contributed by atoms with Gasteiger partial charge in [0, 0.05) is 6.54 Å². The van der Waals surface area contributed by atoms with Crippen LogP contribution in [-0.4, -0.2) is 54.6 Å². The predicted octanol–water partition coefficient (Wildman–Crippen LogP) is 0.640. The number of amides is 1. The summed E-state index contributed by atoms with van der Waals surface area (Å²) in [4.78, 5) is 16.5. The molecule has 3 aliphatic rings. The SMILES string of the molecule is CN1CCC(CCN2CNC3(CC3)C2=O)CC1. The van der Waals surface area contributed by atoms with Crippen LogP contribution in [0.2, 0.25) is 0 Å². The molecule has 3 rings (SSSR count). The van der Waals surface area contributed by atoms with Gasteiger partial charge in [0.25, 0.3) is 0 Å². The Kier molecular flexibility index (Phi) is 2.87. The summed E-state index contributed by atoms with van der Waals surface area (Å²) in [5.41, 5.74) is -0.104. The van der Waals surface area contributed by atoms with Crippen LogP contribution >= 0.6 is 0 Å². The highest BCUT2D eigenvalue weighted by Gasteiger charge is 2.55. The normalized spacial score (nSPS) is 29.2. The molecule has 2 aliphatic heterocycles. The lowest BCUT2D eigenvalue weighted by molar-refractivity contribution is -0.129. The summed E-state index contributed by atoms with van der Waals surface area (Å²) in [6, 6.07) is 0. The van der Waals surface area contributed by atoms with Crippen molar-refractivity contribution < 1.29 is 4.79 Å². The van der Waals surface area contributed by atoms with Crippen molar-refractivity contribution in [3.63, 3.8) is 0 Å². The van der Waals surface area contributed by atoms with E-state index in [0.29, 0.717) is 5.91 Å². The fraction of sp³-hybridized carbons (Fsp3) is 0.923. The zero-order valence-corrected chi connectivity index (χ0v) is 10.7. The van der Waals surface area contributed by atoms with Crippen LogP contribution in [0, 0.1) is 5.92 Å². The van der Waals surface area contributed by atoms with E-state index in [1.807, 2.05) is 4.90 Å². The highest BCUT2D eigenvalue weighted by Crippen LogP contribution is 2.40. The van der Waals surface area contributed by atoms with Crippen LogP contribution in [-0.2, 0) is 4.79 Å². The lowest BCUT2D eigenvalue weighted by Gasteiger charge is -2.29. The van der Waals surface area contributed by atoms with Gasteiger partial charge in [0.2, 0.25) is 5.91 Å².